The summed E-state index contributed by atoms with van der Waals surface area (Å²) in [4.78, 5) is 9.75. The summed E-state index contributed by atoms with van der Waals surface area (Å²) >= 11 is 0. The maximum atomic E-state index is 10.2. The molecular formula is C10H11NO3. The van der Waals surface area contributed by atoms with Gasteiger partial charge in [0.25, 0.3) is 0 Å². The van der Waals surface area contributed by atoms with Crippen molar-refractivity contribution in [2.24, 2.45) is 0 Å². The van der Waals surface area contributed by atoms with E-state index in [9.17, 15) is 10.1 Å². The molecule has 0 aliphatic carbocycles. The molecule has 4 nitrogen and oxygen atoms in total. The van der Waals surface area contributed by atoms with Crippen LogP contribution >= 0.6 is 0 Å². The van der Waals surface area contributed by atoms with E-state index in [2.05, 4.69) is 0 Å². The summed E-state index contributed by atoms with van der Waals surface area (Å²) < 4.78 is 4.98. The van der Waals surface area contributed by atoms with E-state index in [4.69, 9.17) is 4.74 Å². The van der Waals surface area contributed by atoms with Crippen LogP contribution in [0.15, 0.2) is 30.5 Å². The lowest BCUT2D eigenvalue weighted by Gasteiger charge is -2.01. The van der Waals surface area contributed by atoms with Gasteiger partial charge in [-0.2, -0.15) is 0 Å². The van der Waals surface area contributed by atoms with Crippen LogP contribution in [0, 0.1) is 10.1 Å². The van der Waals surface area contributed by atoms with Crippen LogP contribution in [-0.2, 0) is 0 Å². The van der Waals surface area contributed by atoms with Crippen LogP contribution in [0.3, 0.4) is 0 Å². The highest BCUT2D eigenvalue weighted by Gasteiger charge is 2.00. The number of rotatable bonds is 3. The molecule has 0 spiro atoms. The number of benzene rings is 1. The van der Waals surface area contributed by atoms with E-state index >= 15 is 0 Å². The van der Waals surface area contributed by atoms with Gasteiger partial charge in [-0.25, -0.2) is 0 Å². The predicted molar refractivity (Wildman–Crippen MR) is 53.6 cm³/mol. The zero-order chi connectivity index (χ0) is 10.6. The molecule has 14 heavy (non-hydrogen) atoms. The SMILES string of the molecule is COc1ccc(/C(C)=C/[N+](=O)[O-])cc1. The maximum absolute atomic E-state index is 10.2. The Morgan fingerprint density at radius 3 is 2.43 bits per heavy atom. The van der Waals surface area contributed by atoms with E-state index in [1.807, 2.05) is 0 Å². The first-order valence-electron chi connectivity index (χ1n) is 4.10. The van der Waals surface area contributed by atoms with Gasteiger partial charge in [-0.15, -0.1) is 0 Å². The minimum atomic E-state index is -0.459. The van der Waals surface area contributed by atoms with E-state index in [1.54, 1.807) is 38.3 Å². The normalized spacial score (nSPS) is 11.1. The molecule has 0 heterocycles. The molecule has 4 heteroatoms. The van der Waals surface area contributed by atoms with E-state index in [0.717, 1.165) is 17.5 Å². The van der Waals surface area contributed by atoms with Crippen LogP contribution in [0.1, 0.15) is 12.5 Å². The van der Waals surface area contributed by atoms with Gasteiger partial charge in [0.05, 0.1) is 12.0 Å². The summed E-state index contributed by atoms with van der Waals surface area (Å²) in [7, 11) is 1.58. The Kier molecular flexibility index (Phi) is 3.23. The Labute approximate surface area is 82.0 Å². The second-order valence-electron chi connectivity index (χ2n) is 2.83. The fourth-order valence-electron chi connectivity index (χ4n) is 1.09. The van der Waals surface area contributed by atoms with Gasteiger partial charge in [-0.3, -0.25) is 10.1 Å². The van der Waals surface area contributed by atoms with Gasteiger partial charge in [-0.05, 0) is 24.6 Å². The van der Waals surface area contributed by atoms with Crippen molar-refractivity contribution in [3.63, 3.8) is 0 Å². The van der Waals surface area contributed by atoms with Gasteiger partial charge in [0.1, 0.15) is 5.75 Å². The Bertz CT molecular complexity index is 354. The molecule has 74 valence electrons. The molecule has 0 aliphatic rings. The summed E-state index contributed by atoms with van der Waals surface area (Å²) in [6.07, 6.45) is 0.988. The molecule has 0 aromatic heterocycles. The minimum Gasteiger partial charge on any atom is -0.497 e. The van der Waals surface area contributed by atoms with Crippen LogP contribution in [0.4, 0.5) is 0 Å². The quantitative estimate of drug-likeness (QED) is 0.546. The van der Waals surface area contributed by atoms with Gasteiger partial charge < -0.3 is 4.74 Å². The summed E-state index contributed by atoms with van der Waals surface area (Å²) in [5.41, 5.74) is 1.44. The summed E-state index contributed by atoms with van der Waals surface area (Å²) in [5, 5.41) is 10.2. The number of nitro groups is 1. The van der Waals surface area contributed by atoms with Gasteiger partial charge in [0, 0.05) is 5.57 Å². The van der Waals surface area contributed by atoms with Crippen molar-refractivity contribution in [2.75, 3.05) is 7.11 Å². The number of nitrogens with zero attached hydrogens (tertiary/aromatic N) is 1. The monoisotopic (exact) mass is 193 g/mol. The topological polar surface area (TPSA) is 52.4 Å². The predicted octanol–water partition coefficient (Wildman–Crippen LogP) is 2.33. The molecule has 0 saturated carbocycles. The third-order valence-electron chi connectivity index (χ3n) is 1.84. The second-order valence-corrected chi connectivity index (χ2v) is 2.83. The molecular weight excluding hydrogens is 182 g/mol. The average molecular weight is 193 g/mol. The maximum Gasteiger partial charge on any atom is 0.237 e. The molecule has 0 amide bonds. The molecule has 0 fully saturated rings. The first-order valence-corrected chi connectivity index (χ1v) is 4.10. The van der Waals surface area contributed by atoms with Crippen molar-refractivity contribution < 1.29 is 9.66 Å². The number of hydrogen-bond acceptors (Lipinski definition) is 3. The van der Waals surface area contributed by atoms with E-state index < -0.39 is 4.92 Å². The largest absolute Gasteiger partial charge is 0.497 e. The highest BCUT2D eigenvalue weighted by molar-refractivity contribution is 5.62. The van der Waals surface area contributed by atoms with Gasteiger partial charge in [-0.1, -0.05) is 12.1 Å². The smallest absolute Gasteiger partial charge is 0.237 e. The highest BCUT2D eigenvalue weighted by Crippen LogP contribution is 2.17. The summed E-state index contributed by atoms with van der Waals surface area (Å²) in [6.45, 7) is 1.70. The molecule has 0 bridgehead atoms. The van der Waals surface area contributed by atoms with Crippen molar-refractivity contribution in [2.45, 2.75) is 6.92 Å². The van der Waals surface area contributed by atoms with Gasteiger partial charge >= 0.3 is 0 Å². The summed E-state index contributed by atoms with van der Waals surface area (Å²) in [6, 6.07) is 7.11. The number of hydrogen-bond donors (Lipinski definition) is 0. The lowest BCUT2D eigenvalue weighted by molar-refractivity contribution is -0.401. The van der Waals surface area contributed by atoms with Crippen molar-refractivity contribution >= 4 is 5.57 Å². The van der Waals surface area contributed by atoms with E-state index in [1.165, 1.54) is 0 Å². The fourth-order valence-corrected chi connectivity index (χ4v) is 1.09. The Balaban J connectivity index is 2.92. The number of allylic oxidation sites excluding steroid dienone is 1. The van der Waals surface area contributed by atoms with Gasteiger partial charge in [0.15, 0.2) is 0 Å². The molecule has 1 aromatic carbocycles. The first kappa shape index (κ1) is 10.2. The highest BCUT2D eigenvalue weighted by atomic mass is 16.6. The third-order valence-corrected chi connectivity index (χ3v) is 1.84. The lowest BCUT2D eigenvalue weighted by atomic mass is 10.1. The van der Waals surface area contributed by atoms with Crippen LogP contribution < -0.4 is 4.74 Å². The van der Waals surface area contributed by atoms with Crippen LogP contribution in [0.2, 0.25) is 0 Å². The molecule has 1 aromatic rings. The zero-order valence-electron chi connectivity index (χ0n) is 8.06. The molecule has 0 atom stereocenters. The van der Waals surface area contributed by atoms with Crippen molar-refractivity contribution in [3.8, 4) is 5.75 Å². The van der Waals surface area contributed by atoms with E-state index in [-0.39, 0.29) is 0 Å². The third kappa shape index (κ3) is 2.58. The van der Waals surface area contributed by atoms with Crippen LogP contribution in [0.5, 0.6) is 5.75 Å². The fraction of sp³-hybridized carbons (Fsp3) is 0.200. The Morgan fingerprint density at radius 1 is 1.43 bits per heavy atom. The molecule has 0 saturated heterocycles. The molecule has 0 radical (unpaired) electrons. The summed E-state index contributed by atoms with van der Waals surface area (Å²) in [5.74, 6) is 0.739. The van der Waals surface area contributed by atoms with Crippen LogP contribution in [0.25, 0.3) is 5.57 Å². The van der Waals surface area contributed by atoms with Gasteiger partial charge in [0.2, 0.25) is 6.20 Å². The second kappa shape index (κ2) is 4.41. The van der Waals surface area contributed by atoms with Crippen molar-refractivity contribution in [1.29, 1.82) is 0 Å². The van der Waals surface area contributed by atoms with Crippen molar-refractivity contribution in [3.05, 3.63) is 46.1 Å². The molecule has 1 rings (SSSR count). The minimum absolute atomic E-state index is 0.459. The first-order chi connectivity index (χ1) is 6.63. The Hall–Kier alpha value is -1.84. The lowest BCUT2D eigenvalue weighted by Crippen LogP contribution is -1.88. The number of methoxy groups -OCH3 is 1. The molecule has 0 N–H and O–H groups in total. The zero-order valence-corrected chi connectivity index (χ0v) is 8.06. The molecule has 0 unspecified atom stereocenters. The van der Waals surface area contributed by atoms with E-state index in [0.29, 0.717) is 5.57 Å². The van der Waals surface area contributed by atoms with Crippen LogP contribution in [-0.4, -0.2) is 12.0 Å². The number of ether oxygens (including phenoxy) is 1. The standard InChI is InChI=1S/C10H11NO3/c1-8(7-11(12)13)9-3-5-10(14-2)6-4-9/h3-7H,1-2H3/b8-7+. The van der Waals surface area contributed by atoms with Crippen molar-refractivity contribution in [1.82, 2.24) is 0 Å². The molecule has 0 aliphatic heterocycles. The Morgan fingerprint density at radius 2 is 2.00 bits per heavy atom. The average Bonchev–Trinajstić information content (AvgIpc) is 2.17.